The van der Waals surface area contributed by atoms with Crippen LogP contribution in [0.2, 0.25) is 0 Å². The SMILES string of the molecule is Cc1ccsc1[C@@H]1C=C(c2ccc(Br)cc2)Nc2nc3ccccc3n21. The third-order valence-electron chi connectivity index (χ3n) is 4.77. The molecule has 5 rings (SSSR count). The van der Waals surface area contributed by atoms with Crippen LogP contribution >= 0.6 is 27.3 Å². The molecule has 0 saturated heterocycles. The maximum atomic E-state index is 4.84. The van der Waals surface area contributed by atoms with Crippen molar-refractivity contribution in [3.8, 4) is 0 Å². The van der Waals surface area contributed by atoms with E-state index in [4.69, 9.17) is 4.98 Å². The Bertz CT molecular complexity index is 1140. The number of hydrogen-bond acceptors (Lipinski definition) is 3. The van der Waals surface area contributed by atoms with E-state index in [1.54, 1.807) is 11.3 Å². The molecule has 1 N–H and O–H groups in total. The van der Waals surface area contributed by atoms with Gasteiger partial charge in [0.25, 0.3) is 0 Å². The Morgan fingerprint density at radius 3 is 2.65 bits per heavy atom. The number of aromatic nitrogens is 2. The largest absolute Gasteiger partial charge is 0.325 e. The van der Waals surface area contributed by atoms with Crippen LogP contribution in [0, 0.1) is 6.92 Å². The lowest BCUT2D eigenvalue weighted by Gasteiger charge is -2.26. The Morgan fingerprint density at radius 2 is 1.88 bits per heavy atom. The fourth-order valence-corrected chi connectivity index (χ4v) is 4.74. The minimum atomic E-state index is 0.136. The number of aryl methyl sites for hydroxylation is 1. The average Bonchev–Trinajstić information content (AvgIpc) is 3.24. The van der Waals surface area contributed by atoms with Gasteiger partial charge in [-0.2, -0.15) is 0 Å². The zero-order chi connectivity index (χ0) is 17.7. The van der Waals surface area contributed by atoms with Crippen LogP contribution in [0.1, 0.15) is 22.0 Å². The lowest BCUT2D eigenvalue weighted by Crippen LogP contribution is -2.18. The number of thiophene rings is 1. The highest BCUT2D eigenvalue weighted by molar-refractivity contribution is 9.10. The van der Waals surface area contributed by atoms with Gasteiger partial charge in [-0.15, -0.1) is 11.3 Å². The number of imidazole rings is 1. The summed E-state index contributed by atoms with van der Waals surface area (Å²) in [5.74, 6) is 0.893. The maximum absolute atomic E-state index is 4.84. The minimum Gasteiger partial charge on any atom is -0.325 e. The zero-order valence-electron chi connectivity index (χ0n) is 14.1. The number of para-hydroxylation sites is 2. The number of rotatable bonds is 2. The van der Waals surface area contributed by atoms with Crippen LogP contribution < -0.4 is 5.32 Å². The van der Waals surface area contributed by atoms with E-state index in [1.165, 1.54) is 10.4 Å². The van der Waals surface area contributed by atoms with E-state index in [-0.39, 0.29) is 6.04 Å². The Labute approximate surface area is 164 Å². The van der Waals surface area contributed by atoms with Gasteiger partial charge in [-0.3, -0.25) is 4.57 Å². The van der Waals surface area contributed by atoms with Crippen molar-refractivity contribution in [2.45, 2.75) is 13.0 Å². The monoisotopic (exact) mass is 421 g/mol. The first-order chi connectivity index (χ1) is 12.7. The van der Waals surface area contributed by atoms with Crippen LogP contribution in [0.4, 0.5) is 5.95 Å². The molecule has 1 aliphatic heterocycles. The van der Waals surface area contributed by atoms with Gasteiger partial charge in [0, 0.05) is 15.0 Å². The smallest absolute Gasteiger partial charge is 0.209 e. The fraction of sp³-hybridized carbons (Fsp3) is 0.0952. The number of anilines is 1. The molecule has 4 aromatic rings. The maximum Gasteiger partial charge on any atom is 0.209 e. The van der Waals surface area contributed by atoms with Crippen molar-refractivity contribution >= 4 is 49.9 Å². The van der Waals surface area contributed by atoms with Gasteiger partial charge >= 0.3 is 0 Å². The highest BCUT2D eigenvalue weighted by atomic mass is 79.9. The number of allylic oxidation sites excluding steroid dienone is 1. The topological polar surface area (TPSA) is 29.9 Å². The molecule has 26 heavy (non-hydrogen) atoms. The summed E-state index contributed by atoms with van der Waals surface area (Å²) >= 11 is 5.32. The summed E-state index contributed by atoms with van der Waals surface area (Å²) in [5, 5.41) is 5.70. The van der Waals surface area contributed by atoms with Crippen LogP contribution in [0.15, 0.2) is 70.5 Å². The quantitative estimate of drug-likeness (QED) is 0.415. The van der Waals surface area contributed by atoms with Crippen molar-refractivity contribution < 1.29 is 0 Å². The van der Waals surface area contributed by atoms with Crippen LogP contribution in [0.25, 0.3) is 16.7 Å². The molecule has 5 heteroatoms. The molecule has 3 nitrogen and oxygen atoms in total. The highest BCUT2D eigenvalue weighted by Crippen LogP contribution is 2.39. The van der Waals surface area contributed by atoms with Crippen molar-refractivity contribution in [1.82, 2.24) is 9.55 Å². The van der Waals surface area contributed by atoms with Crippen molar-refractivity contribution in [2.24, 2.45) is 0 Å². The number of halogens is 1. The molecular weight excluding hydrogens is 406 g/mol. The van der Waals surface area contributed by atoms with E-state index in [0.29, 0.717) is 0 Å². The minimum absolute atomic E-state index is 0.136. The summed E-state index contributed by atoms with van der Waals surface area (Å²) < 4.78 is 3.38. The van der Waals surface area contributed by atoms with Crippen LogP contribution in [-0.4, -0.2) is 9.55 Å². The van der Waals surface area contributed by atoms with E-state index in [1.807, 2.05) is 6.07 Å². The van der Waals surface area contributed by atoms with Crippen molar-refractivity contribution in [3.05, 3.63) is 86.5 Å². The number of hydrogen-bond donors (Lipinski definition) is 1. The summed E-state index contributed by atoms with van der Waals surface area (Å²) in [6.45, 7) is 2.18. The fourth-order valence-electron chi connectivity index (χ4n) is 3.49. The number of benzene rings is 2. The molecule has 0 bridgehead atoms. The normalized spacial score (nSPS) is 16.2. The summed E-state index contributed by atoms with van der Waals surface area (Å²) in [6, 6.07) is 19.0. The first kappa shape index (κ1) is 15.9. The predicted octanol–water partition coefficient (Wildman–Crippen LogP) is 6.22. The molecular formula is C21H16BrN3S. The molecule has 0 fully saturated rings. The third kappa shape index (κ3) is 2.50. The molecule has 0 amide bonds. The van der Waals surface area contributed by atoms with Crippen LogP contribution in [0.5, 0.6) is 0 Å². The molecule has 2 aromatic heterocycles. The average molecular weight is 422 g/mol. The second-order valence-corrected chi connectivity index (χ2v) is 8.28. The summed E-state index contributed by atoms with van der Waals surface area (Å²) in [4.78, 5) is 6.20. The molecule has 0 unspecified atom stereocenters. The van der Waals surface area contributed by atoms with Crippen LogP contribution in [-0.2, 0) is 0 Å². The standard InChI is InChI=1S/C21H16BrN3S/c1-13-10-11-26-20(13)19-12-17(14-6-8-15(22)9-7-14)24-21-23-16-4-2-3-5-18(16)25(19)21/h2-12,19H,1H3,(H,23,24)/t19-/m0/s1. The molecule has 1 aliphatic rings. The van der Waals surface area contributed by atoms with E-state index < -0.39 is 0 Å². The molecule has 2 aromatic carbocycles. The molecule has 0 saturated carbocycles. The van der Waals surface area contributed by atoms with E-state index >= 15 is 0 Å². The molecule has 128 valence electrons. The lowest BCUT2D eigenvalue weighted by molar-refractivity contribution is 0.729. The zero-order valence-corrected chi connectivity index (χ0v) is 16.5. The van der Waals surface area contributed by atoms with E-state index in [2.05, 4.69) is 92.7 Å². The van der Waals surface area contributed by atoms with E-state index in [0.717, 1.165) is 32.7 Å². The second kappa shape index (κ2) is 6.11. The number of nitrogens with zero attached hydrogens (tertiary/aromatic N) is 2. The Hall–Kier alpha value is -2.37. The third-order valence-corrected chi connectivity index (χ3v) is 6.39. The Morgan fingerprint density at radius 1 is 1.08 bits per heavy atom. The van der Waals surface area contributed by atoms with Crippen molar-refractivity contribution in [2.75, 3.05) is 5.32 Å². The summed E-state index contributed by atoms with van der Waals surface area (Å²) in [5.41, 5.74) is 5.74. The van der Waals surface area contributed by atoms with Gasteiger partial charge in [-0.05, 0) is 59.8 Å². The van der Waals surface area contributed by atoms with Gasteiger partial charge in [-0.25, -0.2) is 4.98 Å². The summed E-state index contributed by atoms with van der Waals surface area (Å²) in [7, 11) is 0. The molecule has 1 atom stereocenters. The predicted molar refractivity (Wildman–Crippen MR) is 113 cm³/mol. The second-order valence-electron chi connectivity index (χ2n) is 6.42. The van der Waals surface area contributed by atoms with Gasteiger partial charge in [-0.1, -0.05) is 40.2 Å². The molecule has 0 aliphatic carbocycles. The molecule has 0 radical (unpaired) electrons. The van der Waals surface area contributed by atoms with Gasteiger partial charge in [0.2, 0.25) is 5.95 Å². The van der Waals surface area contributed by atoms with Gasteiger partial charge in [0.05, 0.1) is 17.1 Å². The molecule has 3 heterocycles. The van der Waals surface area contributed by atoms with Gasteiger partial charge in [0.1, 0.15) is 0 Å². The number of nitrogens with one attached hydrogen (secondary N) is 1. The van der Waals surface area contributed by atoms with Gasteiger partial charge < -0.3 is 5.32 Å². The van der Waals surface area contributed by atoms with E-state index in [9.17, 15) is 0 Å². The molecule has 0 spiro atoms. The van der Waals surface area contributed by atoms with Gasteiger partial charge in [0.15, 0.2) is 0 Å². The van der Waals surface area contributed by atoms with Crippen molar-refractivity contribution in [3.63, 3.8) is 0 Å². The lowest BCUT2D eigenvalue weighted by atomic mass is 10.0. The van der Waals surface area contributed by atoms with Crippen LogP contribution in [0.3, 0.4) is 0 Å². The first-order valence-electron chi connectivity index (χ1n) is 8.46. The highest BCUT2D eigenvalue weighted by Gasteiger charge is 2.26. The Kier molecular flexibility index (Phi) is 3.72. The first-order valence-corrected chi connectivity index (χ1v) is 10.1. The van der Waals surface area contributed by atoms with Crippen molar-refractivity contribution in [1.29, 1.82) is 0 Å². The number of fused-ring (bicyclic) bond motifs is 3. The summed E-state index contributed by atoms with van der Waals surface area (Å²) in [6.07, 6.45) is 2.31. The Balaban J connectivity index is 1.73.